The summed E-state index contributed by atoms with van der Waals surface area (Å²) in [5.41, 5.74) is 0.576. The fourth-order valence-electron chi connectivity index (χ4n) is 1.76. The smallest absolute Gasteiger partial charge is 0.336 e. The van der Waals surface area contributed by atoms with Crippen molar-refractivity contribution >= 4 is 22.9 Å². The van der Waals surface area contributed by atoms with Crippen molar-refractivity contribution in [2.45, 2.75) is 0 Å². The Labute approximate surface area is 120 Å². The molecule has 0 aliphatic carbocycles. The van der Waals surface area contributed by atoms with Crippen LogP contribution in [-0.4, -0.2) is 22.2 Å². The SMILES string of the molecule is O=C(O)c1ccccc1C(=O)O.c1ccc2occc2c1. The molecule has 3 rings (SSSR count). The molecular formula is C16H12O5. The number of carboxylic acid groups (broad SMARTS) is 2. The van der Waals surface area contributed by atoms with Gasteiger partial charge < -0.3 is 14.6 Å². The highest BCUT2D eigenvalue weighted by Gasteiger charge is 2.13. The first-order valence-corrected chi connectivity index (χ1v) is 6.07. The van der Waals surface area contributed by atoms with E-state index in [1.807, 2.05) is 30.3 Å². The molecule has 0 atom stereocenters. The fraction of sp³-hybridized carbons (Fsp3) is 0. The molecule has 0 fully saturated rings. The van der Waals surface area contributed by atoms with Gasteiger partial charge in [0.15, 0.2) is 0 Å². The Balaban J connectivity index is 0.000000159. The maximum atomic E-state index is 10.5. The van der Waals surface area contributed by atoms with E-state index in [1.165, 1.54) is 24.3 Å². The van der Waals surface area contributed by atoms with E-state index in [4.69, 9.17) is 14.6 Å². The molecule has 5 heteroatoms. The molecule has 0 spiro atoms. The third-order valence-corrected chi connectivity index (χ3v) is 2.75. The molecule has 2 aromatic carbocycles. The number of aromatic carboxylic acids is 2. The molecular weight excluding hydrogens is 272 g/mol. The van der Waals surface area contributed by atoms with Crippen molar-refractivity contribution in [1.82, 2.24) is 0 Å². The highest BCUT2D eigenvalue weighted by Crippen LogP contribution is 2.12. The van der Waals surface area contributed by atoms with Crippen LogP contribution in [0.5, 0.6) is 0 Å². The van der Waals surface area contributed by atoms with Crippen LogP contribution in [0.3, 0.4) is 0 Å². The maximum absolute atomic E-state index is 10.5. The molecule has 0 saturated heterocycles. The molecule has 106 valence electrons. The van der Waals surface area contributed by atoms with Crippen LogP contribution in [0.2, 0.25) is 0 Å². The number of furan rings is 1. The zero-order valence-electron chi connectivity index (χ0n) is 10.9. The summed E-state index contributed by atoms with van der Waals surface area (Å²) in [7, 11) is 0. The van der Waals surface area contributed by atoms with Crippen molar-refractivity contribution in [3.63, 3.8) is 0 Å². The molecule has 0 unspecified atom stereocenters. The van der Waals surface area contributed by atoms with Crippen LogP contribution in [0.4, 0.5) is 0 Å². The quantitative estimate of drug-likeness (QED) is 0.751. The summed E-state index contributed by atoms with van der Waals surface area (Å²) < 4.78 is 5.12. The molecule has 5 nitrogen and oxygen atoms in total. The highest BCUT2D eigenvalue weighted by atomic mass is 16.4. The van der Waals surface area contributed by atoms with Crippen LogP contribution in [-0.2, 0) is 0 Å². The van der Waals surface area contributed by atoms with Gasteiger partial charge in [0, 0.05) is 5.39 Å². The summed E-state index contributed by atoms with van der Waals surface area (Å²) >= 11 is 0. The Hall–Kier alpha value is -3.08. The van der Waals surface area contributed by atoms with Gasteiger partial charge in [-0.3, -0.25) is 0 Å². The Morgan fingerprint density at radius 1 is 0.762 bits per heavy atom. The molecule has 0 amide bonds. The second-order valence-corrected chi connectivity index (χ2v) is 4.11. The maximum Gasteiger partial charge on any atom is 0.336 e. The lowest BCUT2D eigenvalue weighted by atomic mass is 10.1. The van der Waals surface area contributed by atoms with Gasteiger partial charge in [-0.1, -0.05) is 30.3 Å². The first-order valence-electron chi connectivity index (χ1n) is 6.07. The van der Waals surface area contributed by atoms with Gasteiger partial charge in [0.25, 0.3) is 0 Å². The molecule has 0 saturated carbocycles. The van der Waals surface area contributed by atoms with Crippen LogP contribution in [0.15, 0.2) is 65.3 Å². The van der Waals surface area contributed by atoms with Gasteiger partial charge in [-0.25, -0.2) is 9.59 Å². The minimum absolute atomic E-state index is 0.190. The number of fused-ring (bicyclic) bond motifs is 1. The van der Waals surface area contributed by atoms with E-state index >= 15 is 0 Å². The fourth-order valence-corrected chi connectivity index (χ4v) is 1.76. The molecule has 0 aliphatic rings. The Morgan fingerprint density at radius 3 is 1.81 bits per heavy atom. The third-order valence-electron chi connectivity index (χ3n) is 2.75. The van der Waals surface area contributed by atoms with Crippen molar-refractivity contribution in [2.24, 2.45) is 0 Å². The molecule has 0 aliphatic heterocycles. The number of rotatable bonds is 2. The minimum Gasteiger partial charge on any atom is -0.478 e. The normalized spacial score (nSPS) is 9.71. The predicted molar refractivity (Wildman–Crippen MR) is 76.6 cm³/mol. The number of hydrogen-bond donors (Lipinski definition) is 2. The van der Waals surface area contributed by atoms with E-state index in [2.05, 4.69) is 0 Å². The van der Waals surface area contributed by atoms with Gasteiger partial charge in [-0.15, -0.1) is 0 Å². The van der Waals surface area contributed by atoms with Gasteiger partial charge >= 0.3 is 11.9 Å². The summed E-state index contributed by atoms with van der Waals surface area (Å²) in [6.07, 6.45) is 1.70. The van der Waals surface area contributed by atoms with Crippen molar-refractivity contribution in [2.75, 3.05) is 0 Å². The monoisotopic (exact) mass is 284 g/mol. The zero-order valence-corrected chi connectivity index (χ0v) is 10.9. The van der Waals surface area contributed by atoms with Crippen molar-refractivity contribution in [3.05, 3.63) is 72.0 Å². The molecule has 0 bridgehead atoms. The van der Waals surface area contributed by atoms with Crippen LogP contribution < -0.4 is 0 Å². The highest BCUT2D eigenvalue weighted by molar-refractivity contribution is 6.01. The largest absolute Gasteiger partial charge is 0.478 e. The van der Waals surface area contributed by atoms with Crippen molar-refractivity contribution in [3.8, 4) is 0 Å². The third kappa shape index (κ3) is 3.48. The number of hydrogen-bond acceptors (Lipinski definition) is 3. The van der Waals surface area contributed by atoms with Gasteiger partial charge in [0.05, 0.1) is 17.4 Å². The Bertz CT molecular complexity index is 710. The molecule has 21 heavy (non-hydrogen) atoms. The number of carbonyl (C=O) groups is 2. The first-order chi connectivity index (χ1) is 10.1. The summed E-state index contributed by atoms with van der Waals surface area (Å²) in [6.45, 7) is 0. The molecule has 1 heterocycles. The summed E-state index contributed by atoms with van der Waals surface area (Å²) in [5.74, 6) is -2.46. The second kappa shape index (κ2) is 6.38. The van der Waals surface area contributed by atoms with Crippen LogP contribution in [0.1, 0.15) is 20.7 Å². The van der Waals surface area contributed by atoms with E-state index in [0.717, 1.165) is 11.0 Å². The number of benzene rings is 2. The van der Waals surface area contributed by atoms with Crippen molar-refractivity contribution < 1.29 is 24.2 Å². The van der Waals surface area contributed by atoms with Gasteiger partial charge in [-0.05, 0) is 24.3 Å². The molecule has 0 radical (unpaired) electrons. The minimum atomic E-state index is -1.23. The summed E-state index contributed by atoms with van der Waals surface area (Å²) in [5, 5.41) is 18.3. The van der Waals surface area contributed by atoms with E-state index in [-0.39, 0.29) is 11.1 Å². The van der Waals surface area contributed by atoms with E-state index in [9.17, 15) is 9.59 Å². The standard InChI is InChI=1S/C8H6O4.C8H6O/c9-7(10)5-3-1-2-4-6(5)8(11)12;1-2-4-8-7(3-1)5-6-9-8/h1-4H,(H,9,10)(H,11,12);1-6H. The molecule has 3 aromatic rings. The zero-order chi connectivity index (χ0) is 15.2. The van der Waals surface area contributed by atoms with E-state index < -0.39 is 11.9 Å². The predicted octanol–water partition coefficient (Wildman–Crippen LogP) is 3.52. The molecule has 1 aromatic heterocycles. The topological polar surface area (TPSA) is 87.7 Å². The summed E-state index contributed by atoms with van der Waals surface area (Å²) in [4.78, 5) is 20.9. The van der Waals surface area contributed by atoms with Gasteiger partial charge in [0.2, 0.25) is 0 Å². The van der Waals surface area contributed by atoms with Crippen LogP contribution in [0, 0.1) is 0 Å². The van der Waals surface area contributed by atoms with Crippen molar-refractivity contribution in [1.29, 1.82) is 0 Å². The lowest BCUT2D eigenvalue weighted by molar-refractivity contribution is 0.0651. The van der Waals surface area contributed by atoms with E-state index in [0.29, 0.717) is 0 Å². The molecule has 2 N–H and O–H groups in total. The lowest BCUT2D eigenvalue weighted by Gasteiger charge is -1.98. The van der Waals surface area contributed by atoms with Crippen LogP contribution >= 0.6 is 0 Å². The van der Waals surface area contributed by atoms with Crippen LogP contribution in [0.25, 0.3) is 11.0 Å². The van der Waals surface area contributed by atoms with Gasteiger partial charge in [0.1, 0.15) is 5.58 Å². The Kier molecular flexibility index (Phi) is 4.36. The van der Waals surface area contributed by atoms with Gasteiger partial charge in [-0.2, -0.15) is 0 Å². The average Bonchev–Trinajstić information content (AvgIpc) is 2.96. The lowest BCUT2D eigenvalue weighted by Crippen LogP contribution is -2.06. The average molecular weight is 284 g/mol. The Morgan fingerprint density at radius 2 is 1.29 bits per heavy atom. The first kappa shape index (κ1) is 14.3. The van der Waals surface area contributed by atoms with E-state index in [1.54, 1.807) is 6.26 Å². The number of para-hydroxylation sites is 1. The number of carboxylic acids is 2. The summed E-state index contributed by atoms with van der Waals surface area (Å²) in [6, 6.07) is 15.4. The second-order valence-electron chi connectivity index (χ2n) is 4.11.